The van der Waals surface area contributed by atoms with Gasteiger partial charge in [0.25, 0.3) is 0 Å². The minimum absolute atomic E-state index is 0.119. The third-order valence-corrected chi connectivity index (χ3v) is 3.31. The Bertz CT molecular complexity index is 366. The SMILES string of the molecule is CCCCCOC(=O)CC(O)(C(C)=O)C(=O)OCCCCC. The molecule has 0 aliphatic carbocycles. The molecule has 0 aromatic carbocycles. The van der Waals surface area contributed by atoms with E-state index in [-0.39, 0.29) is 13.2 Å². The first-order valence-electron chi connectivity index (χ1n) is 7.94. The summed E-state index contributed by atoms with van der Waals surface area (Å²) in [6.07, 6.45) is 4.40. The largest absolute Gasteiger partial charge is 0.466 e. The molecule has 1 N–H and O–H groups in total. The Balaban J connectivity index is 4.44. The third-order valence-electron chi connectivity index (χ3n) is 3.31. The second kappa shape index (κ2) is 11.2. The zero-order chi connectivity index (χ0) is 17.0. The van der Waals surface area contributed by atoms with Gasteiger partial charge in [-0.05, 0) is 19.8 Å². The highest BCUT2D eigenvalue weighted by atomic mass is 16.6. The van der Waals surface area contributed by atoms with Gasteiger partial charge in [-0.15, -0.1) is 0 Å². The summed E-state index contributed by atoms with van der Waals surface area (Å²) in [5.74, 6) is -2.68. The minimum atomic E-state index is -2.45. The van der Waals surface area contributed by atoms with E-state index in [2.05, 4.69) is 0 Å². The highest BCUT2D eigenvalue weighted by Crippen LogP contribution is 2.16. The van der Waals surface area contributed by atoms with Gasteiger partial charge in [0.2, 0.25) is 5.60 Å². The lowest BCUT2D eigenvalue weighted by atomic mass is 9.95. The first-order valence-corrected chi connectivity index (χ1v) is 7.94. The Morgan fingerprint density at radius 3 is 1.86 bits per heavy atom. The smallest absolute Gasteiger partial charge is 0.346 e. The monoisotopic (exact) mass is 316 g/mol. The molecule has 0 aromatic rings. The van der Waals surface area contributed by atoms with Crippen LogP contribution in [0.5, 0.6) is 0 Å². The lowest BCUT2D eigenvalue weighted by Crippen LogP contribution is -2.48. The molecule has 0 amide bonds. The topological polar surface area (TPSA) is 89.9 Å². The van der Waals surface area contributed by atoms with Gasteiger partial charge in [-0.25, -0.2) is 4.79 Å². The Morgan fingerprint density at radius 2 is 1.41 bits per heavy atom. The number of hydrogen-bond donors (Lipinski definition) is 1. The fraction of sp³-hybridized carbons (Fsp3) is 0.812. The van der Waals surface area contributed by atoms with Crippen LogP contribution in [0.4, 0.5) is 0 Å². The van der Waals surface area contributed by atoms with Crippen molar-refractivity contribution in [1.29, 1.82) is 0 Å². The summed E-state index contributed by atoms with van der Waals surface area (Å²) in [5.41, 5.74) is -2.45. The molecular weight excluding hydrogens is 288 g/mol. The van der Waals surface area contributed by atoms with Crippen LogP contribution in [0.25, 0.3) is 0 Å². The van der Waals surface area contributed by atoms with Gasteiger partial charge in [-0.2, -0.15) is 0 Å². The predicted octanol–water partition coefficient (Wildman–Crippen LogP) is 2.16. The van der Waals surface area contributed by atoms with Crippen molar-refractivity contribution in [2.45, 2.75) is 71.3 Å². The molecule has 0 fully saturated rings. The van der Waals surface area contributed by atoms with Crippen LogP contribution in [0.15, 0.2) is 0 Å². The van der Waals surface area contributed by atoms with E-state index in [9.17, 15) is 19.5 Å². The van der Waals surface area contributed by atoms with Gasteiger partial charge in [0.15, 0.2) is 5.78 Å². The molecular formula is C16H28O6. The van der Waals surface area contributed by atoms with E-state index in [1.165, 1.54) is 0 Å². The van der Waals surface area contributed by atoms with Gasteiger partial charge in [0.05, 0.1) is 19.6 Å². The van der Waals surface area contributed by atoms with Crippen LogP contribution in [-0.4, -0.2) is 41.6 Å². The number of rotatable bonds is 12. The molecule has 0 heterocycles. The number of ether oxygens (including phenoxy) is 2. The van der Waals surface area contributed by atoms with E-state index in [0.29, 0.717) is 12.8 Å². The van der Waals surface area contributed by atoms with Crippen molar-refractivity contribution in [3.8, 4) is 0 Å². The number of unbranched alkanes of at least 4 members (excludes halogenated alkanes) is 4. The third kappa shape index (κ3) is 7.54. The molecule has 0 aliphatic heterocycles. The number of carbonyl (C=O) groups is 3. The van der Waals surface area contributed by atoms with E-state index < -0.39 is 29.7 Å². The summed E-state index contributed by atoms with van der Waals surface area (Å²) in [7, 11) is 0. The molecule has 1 atom stereocenters. The van der Waals surface area contributed by atoms with Crippen molar-refractivity contribution in [1.82, 2.24) is 0 Å². The highest BCUT2D eigenvalue weighted by molar-refractivity contribution is 6.08. The molecule has 0 saturated heterocycles. The summed E-state index contributed by atoms with van der Waals surface area (Å²) < 4.78 is 9.82. The molecule has 0 aromatic heterocycles. The van der Waals surface area contributed by atoms with Crippen LogP contribution in [0.3, 0.4) is 0 Å². The molecule has 0 saturated carbocycles. The summed E-state index contributed by atoms with van der Waals surface area (Å²) >= 11 is 0. The average Bonchev–Trinajstić information content (AvgIpc) is 2.47. The van der Waals surface area contributed by atoms with Crippen LogP contribution in [-0.2, 0) is 23.9 Å². The zero-order valence-electron chi connectivity index (χ0n) is 13.9. The number of ketones is 1. The Labute approximate surface area is 132 Å². The number of Topliss-reactive ketones (excluding diaryl/α,β-unsaturated/α-hetero) is 1. The van der Waals surface area contributed by atoms with Crippen molar-refractivity contribution in [3.05, 3.63) is 0 Å². The molecule has 0 radical (unpaired) electrons. The number of carbonyl (C=O) groups excluding carboxylic acids is 3. The fourth-order valence-corrected chi connectivity index (χ4v) is 1.77. The molecule has 0 rings (SSSR count). The van der Waals surface area contributed by atoms with Gasteiger partial charge >= 0.3 is 11.9 Å². The molecule has 128 valence electrons. The summed E-state index contributed by atoms with van der Waals surface area (Å²) in [5, 5.41) is 10.2. The maximum absolute atomic E-state index is 11.9. The van der Waals surface area contributed by atoms with E-state index in [4.69, 9.17) is 9.47 Å². The maximum Gasteiger partial charge on any atom is 0.346 e. The molecule has 6 nitrogen and oxygen atoms in total. The number of aliphatic hydroxyl groups is 1. The van der Waals surface area contributed by atoms with E-state index in [1.54, 1.807) is 0 Å². The Kier molecular flexibility index (Phi) is 10.5. The summed E-state index contributed by atoms with van der Waals surface area (Å²) in [4.78, 5) is 35.1. The van der Waals surface area contributed by atoms with E-state index >= 15 is 0 Å². The molecule has 22 heavy (non-hydrogen) atoms. The molecule has 0 bridgehead atoms. The van der Waals surface area contributed by atoms with Crippen LogP contribution < -0.4 is 0 Å². The average molecular weight is 316 g/mol. The molecule has 0 aliphatic rings. The minimum Gasteiger partial charge on any atom is -0.466 e. The zero-order valence-corrected chi connectivity index (χ0v) is 13.9. The van der Waals surface area contributed by atoms with Gasteiger partial charge in [-0.1, -0.05) is 39.5 Å². The van der Waals surface area contributed by atoms with Crippen molar-refractivity contribution in [2.75, 3.05) is 13.2 Å². The Hall–Kier alpha value is -1.43. The highest BCUT2D eigenvalue weighted by Gasteiger charge is 2.45. The first-order chi connectivity index (χ1) is 10.4. The maximum atomic E-state index is 11.9. The summed E-state index contributed by atoms with van der Waals surface area (Å²) in [6.45, 7) is 5.41. The fourth-order valence-electron chi connectivity index (χ4n) is 1.77. The van der Waals surface area contributed by atoms with Crippen LogP contribution in [0.2, 0.25) is 0 Å². The standard InChI is InChI=1S/C16H28O6/c1-4-6-8-10-21-14(18)12-16(20,13(3)17)15(19)22-11-9-7-5-2/h20H,4-12H2,1-3H3. The van der Waals surface area contributed by atoms with Crippen LogP contribution in [0.1, 0.15) is 65.7 Å². The van der Waals surface area contributed by atoms with Crippen molar-refractivity contribution >= 4 is 17.7 Å². The van der Waals surface area contributed by atoms with Gasteiger partial charge in [0, 0.05) is 0 Å². The Morgan fingerprint density at radius 1 is 0.909 bits per heavy atom. The van der Waals surface area contributed by atoms with Crippen molar-refractivity contribution < 1.29 is 29.0 Å². The van der Waals surface area contributed by atoms with Crippen LogP contribution in [0, 0.1) is 0 Å². The van der Waals surface area contributed by atoms with Gasteiger partial charge in [0.1, 0.15) is 0 Å². The number of esters is 2. The lowest BCUT2D eigenvalue weighted by molar-refractivity contribution is -0.176. The predicted molar refractivity (Wildman–Crippen MR) is 81.2 cm³/mol. The van der Waals surface area contributed by atoms with Crippen molar-refractivity contribution in [3.63, 3.8) is 0 Å². The molecule has 6 heteroatoms. The first kappa shape index (κ1) is 20.6. The number of hydrogen-bond acceptors (Lipinski definition) is 6. The quantitative estimate of drug-likeness (QED) is 0.337. The van der Waals surface area contributed by atoms with Gasteiger partial charge in [-0.3, -0.25) is 9.59 Å². The molecule has 1 unspecified atom stereocenters. The molecule has 0 spiro atoms. The lowest BCUT2D eigenvalue weighted by Gasteiger charge is -2.22. The second-order valence-corrected chi connectivity index (χ2v) is 5.36. The van der Waals surface area contributed by atoms with E-state index in [0.717, 1.165) is 32.6 Å². The normalized spacial score (nSPS) is 13.3. The second-order valence-electron chi connectivity index (χ2n) is 5.36. The van der Waals surface area contributed by atoms with Gasteiger partial charge < -0.3 is 14.6 Å². The van der Waals surface area contributed by atoms with Crippen molar-refractivity contribution in [2.24, 2.45) is 0 Å². The van der Waals surface area contributed by atoms with E-state index in [1.807, 2.05) is 13.8 Å². The summed E-state index contributed by atoms with van der Waals surface area (Å²) in [6, 6.07) is 0. The van der Waals surface area contributed by atoms with Crippen LogP contribution >= 0.6 is 0 Å².